The predicted molar refractivity (Wildman–Crippen MR) is 135 cm³/mol. The fourth-order valence-corrected chi connectivity index (χ4v) is 7.92. The topological polar surface area (TPSA) is 75.5 Å². The molecular formula is C26H26N4O2S2. The van der Waals surface area contributed by atoms with Crippen LogP contribution >= 0.6 is 23.5 Å². The van der Waals surface area contributed by atoms with Gasteiger partial charge in [-0.3, -0.25) is 19.5 Å². The van der Waals surface area contributed by atoms with Crippen molar-refractivity contribution in [2.24, 2.45) is 4.99 Å². The molecule has 8 heteroatoms. The highest BCUT2D eigenvalue weighted by Gasteiger charge is 2.44. The highest BCUT2D eigenvalue weighted by molar-refractivity contribution is 8.02. The van der Waals surface area contributed by atoms with Gasteiger partial charge in [-0.2, -0.15) is 0 Å². The number of nitrogens with zero attached hydrogens (tertiary/aromatic N) is 4. The first kappa shape index (κ1) is 22.0. The van der Waals surface area contributed by atoms with E-state index in [-0.39, 0.29) is 23.1 Å². The molecule has 4 heterocycles. The van der Waals surface area contributed by atoms with Gasteiger partial charge in [0.1, 0.15) is 16.7 Å². The maximum absolute atomic E-state index is 12.7. The average molecular weight is 491 g/mol. The first-order valence-corrected chi connectivity index (χ1v) is 13.9. The van der Waals surface area contributed by atoms with Crippen molar-refractivity contribution < 1.29 is 9.59 Å². The van der Waals surface area contributed by atoms with Crippen LogP contribution in [0.4, 0.5) is 0 Å². The molecule has 2 unspecified atom stereocenters. The zero-order chi connectivity index (χ0) is 23.2. The molecule has 0 fully saturated rings. The lowest BCUT2D eigenvalue weighted by atomic mass is 9.87. The van der Waals surface area contributed by atoms with E-state index >= 15 is 0 Å². The molecule has 0 saturated heterocycles. The number of thioether (sulfide) groups is 2. The molecule has 0 radical (unpaired) electrons. The summed E-state index contributed by atoms with van der Waals surface area (Å²) in [6.07, 6.45) is 8.61. The summed E-state index contributed by atoms with van der Waals surface area (Å²) in [5.41, 5.74) is 6.49. The second-order valence-corrected chi connectivity index (χ2v) is 11.3. The minimum Gasteiger partial charge on any atom is -0.274 e. The van der Waals surface area contributed by atoms with Crippen LogP contribution in [0.15, 0.2) is 56.7 Å². The quantitative estimate of drug-likeness (QED) is 0.290. The summed E-state index contributed by atoms with van der Waals surface area (Å²) in [5.74, 6) is 0.457. The van der Waals surface area contributed by atoms with Crippen molar-refractivity contribution in [2.75, 3.05) is 12.3 Å². The van der Waals surface area contributed by atoms with Crippen LogP contribution in [0.2, 0.25) is 0 Å². The normalized spacial score (nSPS) is 22.6. The Labute approximate surface area is 207 Å². The first-order valence-electron chi connectivity index (χ1n) is 12.1. The summed E-state index contributed by atoms with van der Waals surface area (Å²) in [6.45, 7) is 2.60. The van der Waals surface area contributed by atoms with Gasteiger partial charge in [-0.15, -0.1) is 11.8 Å². The maximum atomic E-state index is 12.7. The van der Waals surface area contributed by atoms with Gasteiger partial charge in [0.25, 0.3) is 11.8 Å². The minimum absolute atomic E-state index is 0.158. The lowest BCUT2D eigenvalue weighted by Crippen LogP contribution is -2.31. The average Bonchev–Trinajstić information content (AvgIpc) is 3.54. The molecule has 6 rings (SSSR count). The molecule has 1 aromatic carbocycles. The molecule has 2 aromatic rings. The van der Waals surface area contributed by atoms with Crippen LogP contribution in [-0.2, 0) is 0 Å². The summed E-state index contributed by atoms with van der Waals surface area (Å²) >= 11 is 3.39. The van der Waals surface area contributed by atoms with Gasteiger partial charge in [-0.1, -0.05) is 42.8 Å². The number of benzene rings is 1. The standard InChI is InChI=1S/C26H26N4O2S2/c1-2-3-11-19-15-9-6-10-16(15)20-21-22(34-23(20)29-19)24(28-14-27-21)33-13-12-30-25(31)17-7-4-5-8-18(17)26(30)32/h4-5,7-8,14,20,23H,2-3,6,9-13H2,1H3. The van der Waals surface area contributed by atoms with Crippen molar-refractivity contribution in [1.29, 1.82) is 0 Å². The van der Waals surface area contributed by atoms with E-state index in [2.05, 4.69) is 11.9 Å². The SMILES string of the molecule is CCCCC1=NC2Sc3c(SCCN4C(=O)c5ccccc5C4=O)ncnc3C2C2=C1CCC2. The van der Waals surface area contributed by atoms with E-state index in [4.69, 9.17) is 9.98 Å². The number of aromatic nitrogens is 2. The van der Waals surface area contributed by atoms with E-state index < -0.39 is 0 Å². The number of unbranched alkanes of at least 4 members (excludes halogenated alkanes) is 1. The number of imide groups is 1. The second-order valence-electron chi connectivity index (χ2n) is 9.07. The minimum atomic E-state index is -0.204. The maximum Gasteiger partial charge on any atom is 0.261 e. The van der Waals surface area contributed by atoms with Gasteiger partial charge >= 0.3 is 0 Å². The highest BCUT2D eigenvalue weighted by atomic mass is 32.2. The van der Waals surface area contributed by atoms with Gasteiger partial charge < -0.3 is 0 Å². The lowest BCUT2D eigenvalue weighted by molar-refractivity contribution is 0.0664. The molecule has 1 aromatic heterocycles. The Morgan fingerprint density at radius 2 is 1.91 bits per heavy atom. The molecular weight excluding hydrogens is 464 g/mol. The van der Waals surface area contributed by atoms with Crippen LogP contribution in [0.3, 0.4) is 0 Å². The van der Waals surface area contributed by atoms with Crippen molar-refractivity contribution in [1.82, 2.24) is 14.9 Å². The van der Waals surface area contributed by atoms with Crippen LogP contribution in [0.1, 0.15) is 77.8 Å². The largest absolute Gasteiger partial charge is 0.274 e. The molecule has 2 amide bonds. The van der Waals surface area contributed by atoms with Gasteiger partial charge in [0, 0.05) is 18.0 Å². The van der Waals surface area contributed by atoms with E-state index in [1.807, 2.05) is 0 Å². The van der Waals surface area contributed by atoms with E-state index in [0.29, 0.717) is 23.4 Å². The van der Waals surface area contributed by atoms with E-state index in [1.165, 1.54) is 35.4 Å². The predicted octanol–water partition coefficient (Wildman–Crippen LogP) is 5.51. The smallest absolute Gasteiger partial charge is 0.261 e. The fourth-order valence-electron chi connectivity index (χ4n) is 5.47. The number of aliphatic imine (C=N–C) groups is 1. The number of carbonyl (C=O) groups excluding carboxylic acids is 2. The number of hydrogen-bond donors (Lipinski definition) is 0. The fraction of sp³-hybridized carbons (Fsp3) is 0.423. The summed E-state index contributed by atoms with van der Waals surface area (Å²) < 4.78 is 0. The number of fused-ring (bicyclic) bond motifs is 5. The molecule has 6 nitrogen and oxygen atoms in total. The molecule has 0 spiro atoms. The van der Waals surface area contributed by atoms with Crippen molar-refractivity contribution in [3.8, 4) is 0 Å². The Morgan fingerprint density at radius 1 is 1.12 bits per heavy atom. The second kappa shape index (κ2) is 8.96. The molecule has 4 aliphatic rings. The zero-order valence-corrected chi connectivity index (χ0v) is 20.8. The summed E-state index contributed by atoms with van der Waals surface area (Å²) in [5, 5.41) is 1.09. The third-order valence-electron chi connectivity index (χ3n) is 7.08. The van der Waals surface area contributed by atoms with Gasteiger partial charge in [0.15, 0.2) is 0 Å². The molecule has 174 valence electrons. The Morgan fingerprint density at radius 3 is 2.68 bits per heavy atom. The van der Waals surface area contributed by atoms with Crippen molar-refractivity contribution >= 4 is 41.0 Å². The highest BCUT2D eigenvalue weighted by Crippen LogP contribution is 2.56. The van der Waals surface area contributed by atoms with Crippen LogP contribution in [0.5, 0.6) is 0 Å². The molecule has 0 N–H and O–H groups in total. The summed E-state index contributed by atoms with van der Waals surface area (Å²) in [7, 11) is 0. The van der Waals surface area contributed by atoms with Crippen LogP contribution in [-0.4, -0.2) is 50.1 Å². The number of carbonyl (C=O) groups is 2. The van der Waals surface area contributed by atoms with Gasteiger partial charge in [-0.05, 0) is 49.8 Å². The van der Waals surface area contributed by atoms with Crippen LogP contribution in [0.25, 0.3) is 0 Å². The zero-order valence-electron chi connectivity index (χ0n) is 19.1. The number of rotatable bonds is 7. The molecule has 3 aliphatic heterocycles. The van der Waals surface area contributed by atoms with Crippen molar-refractivity contribution in [3.63, 3.8) is 0 Å². The number of amides is 2. The molecule has 0 bridgehead atoms. The first-order chi connectivity index (χ1) is 16.7. The Bertz CT molecular complexity index is 1220. The Balaban J connectivity index is 1.20. The van der Waals surface area contributed by atoms with Crippen LogP contribution in [0, 0.1) is 0 Å². The van der Waals surface area contributed by atoms with E-state index in [0.717, 1.165) is 34.9 Å². The van der Waals surface area contributed by atoms with E-state index in [1.54, 1.807) is 59.7 Å². The lowest BCUT2D eigenvalue weighted by Gasteiger charge is -2.26. The van der Waals surface area contributed by atoms with Crippen LogP contribution < -0.4 is 0 Å². The van der Waals surface area contributed by atoms with Gasteiger partial charge in [0.05, 0.1) is 27.6 Å². The van der Waals surface area contributed by atoms with Gasteiger partial charge in [0.2, 0.25) is 0 Å². The van der Waals surface area contributed by atoms with Crippen molar-refractivity contribution in [3.05, 3.63) is 58.6 Å². The van der Waals surface area contributed by atoms with Crippen molar-refractivity contribution in [2.45, 2.75) is 66.7 Å². The molecule has 34 heavy (non-hydrogen) atoms. The molecule has 0 saturated carbocycles. The molecule has 2 atom stereocenters. The van der Waals surface area contributed by atoms with E-state index in [9.17, 15) is 9.59 Å². The third-order valence-corrected chi connectivity index (χ3v) is 9.44. The number of hydrogen-bond acceptors (Lipinski definition) is 7. The number of dihydropyridines is 1. The Hall–Kier alpha value is -2.45. The summed E-state index contributed by atoms with van der Waals surface area (Å²) in [6, 6.07) is 7.04. The summed E-state index contributed by atoms with van der Waals surface area (Å²) in [4.78, 5) is 42.3. The number of allylic oxidation sites excluding steroid dienone is 1. The van der Waals surface area contributed by atoms with Gasteiger partial charge in [-0.25, -0.2) is 9.97 Å². The third kappa shape index (κ3) is 3.53. The monoisotopic (exact) mass is 490 g/mol. The Kier molecular flexibility index (Phi) is 5.81. The molecule has 1 aliphatic carbocycles.